The van der Waals surface area contributed by atoms with Crippen molar-refractivity contribution in [3.8, 4) is 33.9 Å². The molecule has 0 atom stereocenters. The van der Waals surface area contributed by atoms with E-state index >= 15 is 0 Å². The molecule has 2 aromatic heterocycles. The number of nitrogen functional groups attached to an aromatic ring is 1. The van der Waals surface area contributed by atoms with Crippen molar-refractivity contribution >= 4 is 27.0 Å². The average Bonchev–Trinajstić information content (AvgIpc) is 3.18. The first kappa shape index (κ1) is 22.4. The van der Waals surface area contributed by atoms with Crippen LogP contribution in [0.4, 0.5) is 5.95 Å². The Balaban J connectivity index is 2.03. The lowest BCUT2D eigenvalue weighted by molar-refractivity contribution is 0.404. The number of nitrogens with zero attached hydrogens (tertiary/aromatic N) is 2. The second kappa shape index (κ2) is 8.26. The Morgan fingerprint density at radius 2 is 1.70 bits per heavy atom. The van der Waals surface area contributed by atoms with Crippen LogP contribution in [0, 0.1) is 0 Å². The number of rotatable bonds is 6. The molecule has 2 aromatic carbocycles. The molecule has 11 heteroatoms. The van der Waals surface area contributed by atoms with Crippen LogP contribution in [0.2, 0.25) is 0 Å². The third-order valence-corrected chi connectivity index (χ3v) is 7.11. The van der Waals surface area contributed by atoms with Crippen molar-refractivity contribution in [3.63, 3.8) is 0 Å². The van der Waals surface area contributed by atoms with Gasteiger partial charge in [0, 0.05) is 25.2 Å². The minimum absolute atomic E-state index is 0.0307. The Morgan fingerprint density at radius 1 is 1.00 bits per heavy atom. The topological polar surface area (TPSA) is 143 Å². The first-order chi connectivity index (χ1) is 15.7. The van der Waals surface area contributed by atoms with E-state index in [1.54, 1.807) is 37.4 Å². The first-order valence-electron chi connectivity index (χ1n) is 9.84. The van der Waals surface area contributed by atoms with Crippen LogP contribution >= 0.6 is 0 Å². The fraction of sp³-hybridized carbons (Fsp3) is 0.182. The first-order valence-corrected chi connectivity index (χ1v) is 11.3. The third kappa shape index (κ3) is 3.81. The van der Waals surface area contributed by atoms with Crippen molar-refractivity contribution in [2.45, 2.75) is 4.90 Å². The molecule has 0 aliphatic heterocycles. The fourth-order valence-electron chi connectivity index (χ4n) is 3.62. The number of sulfonamides is 1. The van der Waals surface area contributed by atoms with Crippen LogP contribution in [0.25, 0.3) is 33.4 Å². The van der Waals surface area contributed by atoms with Gasteiger partial charge in [-0.1, -0.05) is 12.1 Å². The smallest absolute Gasteiger partial charge is 0.262 e. The van der Waals surface area contributed by atoms with E-state index in [1.165, 1.54) is 33.3 Å². The van der Waals surface area contributed by atoms with Gasteiger partial charge in [-0.25, -0.2) is 12.7 Å². The number of hydrogen-bond acceptors (Lipinski definition) is 7. The summed E-state index contributed by atoms with van der Waals surface area (Å²) in [6.07, 6.45) is 0. The summed E-state index contributed by atoms with van der Waals surface area (Å²) in [5.41, 5.74) is 7.94. The highest BCUT2D eigenvalue weighted by atomic mass is 32.2. The number of anilines is 1. The zero-order chi connectivity index (χ0) is 23.9. The highest BCUT2D eigenvalue weighted by molar-refractivity contribution is 7.89. The van der Waals surface area contributed by atoms with Gasteiger partial charge in [-0.05, 0) is 35.9 Å². The quantitative estimate of drug-likeness (QED) is 0.393. The molecule has 172 valence electrons. The number of hydrogen-bond donors (Lipinski definition) is 3. The summed E-state index contributed by atoms with van der Waals surface area (Å²) >= 11 is 0. The summed E-state index contributed by atoms with van der Waals surface area (Å²) in [7, 11) is 2.42. The monoisotopic (exact) mass is 469 g/mol. The van der Waals surface area contributed by atoms with E-state index in [0.717, 1.165) is 4.31 Å². The van der Waals surface area contributed by atoms with Crippen molar-refractivity contribution < 1.29 is 17.9 Å². The van der Waals surface area contributed by atoms with Crippen molar-refractivity contribution in [1.29, 1.82) is 0 Å². The normalized spacial score (nSPS) is 11.8. The largest absolute Gasteiger partial charge is 0.497 e. The fourth-order valence-corrected chi connectivity index (χ4v) is 4.52. The number of nitrogens with two attached hydrogens (primary N) is 1. The molecule has 4 rings (SSSR count). The number of aromatic amines is 2. The molecule has 0 spiro atoms. The SMILES string of the molecule is COc1ccc(OC)c(-c2c(-c3ccc(S(=O)(=O)N(C)C)cc3)[nH]c3nc(N)[nH]c(=O)c23)c1. The summed E-state index contributed by atoms with van der Waals surface area (Å²) < 4.78 is 37.0. The van der Waals surface area contributed by atoms with Gasteiger partial charge < -0.3 is 20.2 Å². The maximum absolute atomic E-state index is 12.9. The Kier molecular flexibility index (Phi) is 5.60. The number of ether oxygens (including phenoxy) is 2. The summed E-state index contributed by atoms with van der Waals surface area (Å²) in [6, 6.07) is 11.6. The van der Waals surface area contributed by atoms with Crippen LogP contribution in [0.5, 0.6) is 11.5 Å². The molecule has 0 saturated heterocycles. The number of aromatic nitrogens is 3. The molecule has 0 radical (unpaired) electrons. The van der Waals surface area contributed by atoms with Crippen molar-refractivity contribution in [3.05, 3.63) is 52.8 Å². The van der Waals surface area contributed by atoms with Crippen LogP contribution in [-0.4, -0.2) is 56.0 Å². The van der Waals surface area contributed by atoms with E-state index in [1.807, 2.05) is 0 Å². The number of fused-ring (bicyclic) bond motifs is 1. The molecule has 0 aliphatic carbocycles. The third-order valence-electron chi connectivity index (χ3n) is 5.28. The van der Waals surface area contributed by atoms with E-state index in [2.05, 4.69) is 15.0 Å². The zero-order valence-electron chi connectivity index (χ0n) is 18.5. The Morgan fingerprint density at radius 3 is 2.30 bits per heavy atom. The molecule has 33 heavy (non-hydrogen) atoms. The van der Waals surface area contributed by atoms with Crippen LogP contribution in [0.3, 0.4) is 0 Å². The second-order valence-electron chi connectivity index (χ2n) is 7.43. The van der Waals surface area contributed by atoms with Gasteiger partial charge in [0.05, 0.1) is 30.2 Å². The Bertz CT molecular complexity index is 1500. The van der Waals surface area contributed by atoms with Gasteiger partial charge in [0.15, 0.2) is 0 Å². The lowest BCUT2D eigenvalue weighted by Gasteiger charge is -2.13. The van der Waals surface area contributed by atoms with Crippen LogP contribution in [-0.2, 0) is 10.0 Å². The lowest BCUT2D eigenvalue weighted by atomic mass is 9.98. The van der Waals surface area contributed by atoms with Crippen molar-refractivity contribution in [2.24, 2.45) is 0 Å². The van der Waals surface area contributed by atoms with E-state index in [-0.39, 0.29) is 21.9 Å². The van der Waals surface area contributed by atoms with Gasteiger partial charge in [0.1, 0.15) is 17.1 Å². The number of H-pyrrole nitrogens is 2. The van der Waals surface area contributed by atoms with Gasteiger partial charge in [-0.15, -0.1) is 0 Å². The van der Waals surface area contributed by atoms with Gasteiger partial charge in [-0.3, -0.25) is 9.78 Å². The molecule has 0 fully saturated rings. The molecule has 0 aliphatic rings. The minimum Gasteiger partial charge on any atom is -0.497 e. The van der Waals surface area contributed by atoms with E-state index < -0.39 is 15.6 Å². The van der Waals surface area contributed by atoms with Gasteiger partial charge in [-0.2, -0.15) is 4.98 Å². The van der Waals surface area contributed by atoms with Crippen molar-refractivity contribution in [1.82, 2.24) is 19.3 Å². The van der Waals surface area contributed by atoms with Crippen molar-refractivity contribution in [2.75, 3.05) is 34.0 Å². The highest BCUT2D eigenvalue weighted by Crippen LogP contribution is 2.42. The predicted octanol–water partition coefficient (Wildman–Crippen LogP) is 2.43. The molecule has 4 aromatic rings. The molecule has 4 N–H and O–H groups in total. The van der Waals surface area contributed by atoms with Crippen LogP contribution < -0.4 is 20.8 Å². The number of benzene rings is 2. The van der Waals surface area contributed by atoms with Crippen LogP contribution in [0.15, 0.2) is 52.2 Å². The standard InChI is InChI=1S/C22H23N5O5S/c1-27(2)33(29,30)14-8-5-12(6-9-14)19-17(15-11-13(31-3)7-10-16(15)32-4)18-20(24-19)25-22(23)26-21(18)28/h5-11H,1-4H3,(H4,23,24,25,26,28). The minimum atomic E-state index is -3.59. The Labute approximate surface area is 190 Å². The van der Waals surface area contributed by atoms with E-state index in [9.17, 15) is 13.2 Å². The summed E-state index contributed by atoms with van der Waals surface area (Å²) in [5.74, 6) is 1.05. The number of methoxy groups -OCH3 is 2. The predicted molar refractivity (Wildman–Crippen MR) is 126 cm³/mol. The van der Waals surface area contributed by atoms with Crippen LogP contribution in [0.1, 0.15) is 0 Å². The summed E-state index contributed by atoms with van der Waals surface area (Å²) in [6.45, 7) is 0. The molecule has 0 saturated carbocycles. The molecule has 2 heterocycles. The highest BCUT2D eigenvalue weighted by Gasteiger charge is 2.23. The maximum atomic E-state index is 12.9. The van der Waals surface area contributed by atoms with Gasteiger partial charge >= 0.3 is 0 Å². The van der Waals surface area contributed by atoms with E-state index in [4.69, 9.17) is 15.2 Å². The molecular formula is C22H23N5O5S. The summed E-state index contributed by atoms with van der Waals surface area (Å²) in [5, 5.41) is 0.288. The van der Waals surface area contributed by atoms with Gasteiger partial charge in [0.25, 0.3) is 5.56 Å². The lowest BCUT2D eigenvalue weighted by Crippen LogP contribution is -2.22. The summed E-state index contributed by atoms with van der Waals surface area (Å²) in [4.78, 5) is 23.0. The van der Waals surface area contributed by atoms with Gasteiger partial charge in [0.2, 0.25) is 16.0 Å². The Hall–Kier alpha value is -3.83. The zero-order valence-corrected chi connectivity index (χ0v) is 19.3. The molecule has 10 nitrogen and oxygen atoms in total. The van der Waals surface area contributed by atoms with E-state index in [0.29, 0.717) is 33.9 Å². The average molecular weight is 470 g/mol. The molecular weight excluding hydrogens is 446 g/mol. The maximum Gasteiger partial charge on any atom is 0.262 e. The second-order valence-corrected chi connectivity index (χ2v) is 9.58. The molecule has 0 bridgehead atoms. The molecule has 0 amide bonds. The number of nitrogens with one attached hydrogen (secondary N) is 2. The molecule has 0 unspecified atom stereocenters.